The summed E-state index contributed by atoms with van der Waals surface area (Å²) in [5, 5.41) is 15.6. The van der Waals surface area contributed by atoms with Crippen molar-refractivity contribution in [3.8, 4) is 17.2 Å². The molecule has 0 bridgehead atoms. The van der Waals surface area contributed by atoms with Crippen LogP contribution in [0.25, 0.3) is 0 Å². The smallest absolute Gasteiger partial charge is 0.251 e. The lowest BCUT2D eigenvalue weighted by Gasteiger charge is -2.36. The van der Waals surface area contributed by atoms with Crippen LogP contribution in [-0.4, -0.2) is 55.7 Å². The number of carbonyl (C=O) groups is 2. The number of aliphatic hydroxyl groups excluding tert-OH is 1. The Kier molecular flexibility index (Phi) is 7.31. The maximum Gasteiger partial charge on any atom is 0.251 e. The highest BCUT2D eigenvalue weighted by Gasteiger charge is 2.33. The molecule has 2 heterocycles. The lowest BCUT2D eigenvalue weighted by atomic mass is 9.96. The first kappa shape index (κ1) is 22.9. The summed E-state index contributed by atoms with van der Waals surface area (Å²) in [6.07, 6.45) is 0.471. The van der Waals surface area contributed by atoms with E-state index in [4.69, 9.17) is 18.9 Å². The highest BCUT2D eigenvalue weighted by Crippen LogP contribution is 2.32. The van der Waals surface area contributed by atoms with Crippen molar-refractivity contribution >= 4 is 11.8 Å². The lowest BCUT2D eigenvalue weighted by Crippen LogP contribution is -2.51. The molecule has 0 spiro atoms. The summed E-state index contributed by atoms with van der Waals surface area (Å²) in [5.74, 6) is 1.48. The van der Waals surface area contributed by atoms with Crippen LogP contribution in [0.15, 0.2) is 42.5 Å². The first-order valence-corrected chi connectivity index (χ1v) is 10.9. The normalized spacial score (nSPS) is 21.3. The Balaban J connectivity index is 1.25. The minimum atomic E-state index is -0.587. The number of amides is 2. The van der Waals surface area contributed by atoms with Crippen LogP contribution in [0.1, 0.15) is 35.2 Å². The third kappa shape index (κ3) is 5.74. The number of methoxy groups -OCH3 is 1. The van der Waals surface area contributed by atoms with Gasteiger partial charge in [0.15, 0.2) is 11.5 Å². The third-order valence-electron chi connectivity index (χ3n) is 5.81. The van der Waals surface area contributed by atoms with Crippen molar-refractivity contribution in [3.63, 3.8) is 0 Å². The number of fused-ring (bicyclic) bond motifs is 1. The average Bonchev–Trinajstić information content (AvgIpc) is 3.32. The summed E-state index contributed by atoms with van der Waals surface area (Å²) >= 11 is 0. The molecule has 1 saturated heterocycles. The third-order valence-corrected chi connectivity index (χ3v) is 5.81. The van der Waals surface area contributed by atoms with Gasteiger partial charge in [-0.3, -0.25) is 9.59 Å². The number of carbonyl (C=O) groups excluding carboxylic acids is 2. The van der Waals surface area contributed by atoms with Gasteiger partial charge in [0.2, 0.25) is 12.7 Å². The molecule has 3 N–H and O–H groups in total. The average molecular weight is 456 g/mol. The standard InChI is InChI=1S/C24H28N2O7/c1-30-17-5-2-15(3-6-17)12-25-23(28)11-18-7-8-19(22(13-27)33-18)26-24(29)16-4-9-20-21(10-16)32-14-31-20/h2-6,9-10,18-19,22,27H,7-8,11-14H2,1H3,(H,25,28)(H,26,29)/t18-,19+,22+/m0/s1. The molecule has 2 aliphatic rings. The summed E-state index contributed by atoms with van der Waals surface area (Å²) in [6.45, 7) is 0.293. The molecule has 2 aliphatic heterocycles. The second-order valence-electron chi connectivity index (χ2n) is 8.03. The first-order valence-electron chi connectivity index (χ1n) is 10.9. The summed E-state index contributed by atoms with van der Waals surface area (Å²) < 4.78 is 21.6. The zero-order chi connectivity index (χ0) is 23.2. The molecule has 0 aliphatic carbocycles. The predicted molar refractivity (Wildman–Crippen MR) is 118 cm³/mol. The predicted octanol–water partition coefficient (Wildman–Crippen LogP) is 1.77. The molecule has 2 aromatic rings. The Morgan fingerprint density at radius 2 is 1.88 bits per heavy atom. The van der Waals surface area contributed by atoms with E-state index < -0.39 is 6.10 Å². The van der Waals surface area contributed by atoms with Crippen LogP contribution in [0.3, 0.4) is 0 Å². The highest BCUT2D eigenvalue weighted by molar-refractivity contribution is 5.95. The van der Waals surface area contributed by atoms with Gasteiger partial charge >= 0.3 is 0 Å². The first-order chi connectivity index (χ1) is 16.1. The number of aliphatic hydroxyl groups is 1. The van der Waals surface area contributed by atoms with Gasteiger partial charge in [0.25, 0.3) is 5.91 Å². The van der Waals surface area contributed by atoms with Crippen LogP contribution in [0.2, 0.25) is 0 Å². The molecule has 3 atom stereocenters. The highest BCUT2D eigenvalue weighted by atomic mass is 16.7. The second kappa shape index (κ2) is 10.5. The fourth-order valence-corrected chi connectivity index (χ4v) is 3.96. The Morgan fingerprint density at radius 1 is 1.09 bits per heavy atom. The Morgan fingerprint density at radius 3 is 2.64 bits per heavy atom. The van der Waals surface area contributed by atoms with E-state index in [9.17, 15) is 14.7 Å². The zero-order valence-corrected chi connectivity index (χ0v) is 18.4. The van der Waals surface area contributed by atoms with Crippen LogP contribution in [0, 0.1) is 0 Å². The van der Waals surface area contributed by atoms with Gasteiger partial charge < -0.3 is 34.7 Å². The van der Waals surface area contributed by atoms with Gasteiger partial charge in [0.05, 0.1) is 32.3 Å². The Hall–Kier alpha value is -3.30. The maximum absolute atomic E-state index is 12.7. The molecular formula is C24H28N2O7. The van der Waals surface area contributed by atoms with Crippen LogP contribution < -0.4 is 24.8 Å². The van der Waals surface area contributed by atoms with Crippen LogP contribution in [0.5, 0.6) is 17.2 Å². The SMILES string of the molecule is COc1ccc(CNC(=O)C[C@@H]2CC[C@@H](NC(=O)c3ccc4c(c3)OCO4)[C@@H](CO)O2)cc1. The van der Waals surface area contributed by atoms with Gasteiger partial charge in [0.1, 0.15) is 11.9 Å². The molecule has 2 aromatic carbocycles. The van der Waals surface area contributed by atoms with Crippen molar-refractivity contribution in [2.45, 2.75) is 44.1 Å². The molecule has 176 valence electrons. The number of ether oxygens (including phenoxy) is 4. The van der Waals surface area contributed by atoms with E-state index in [1.807, 2.05) is 24.3 Å². The number of nitrogens with one attached hydrogen (secondary N) is 2. The number of hydrogen-bond donors (Lipinski definition) is 3. The molecule has 0 unspecified atom stereocenters. The number of rotatable bonds is 8. The molecule has 1 fully saturated rings. The Labute approximate surface area is 192 Å². The van der Waals surface area contributed by atoms with Gasteiger partial charge in [-0.25, -0.2) is 0 Å². The van der Waals surface area contributed by atoms with E-state index >= 15 is 0 Å². The lowest BCUT2D eigenvalue weighted by molar-refractivity contribution is -0.131. The summed E-state index contributed by atoms with van der Waals surface area (Å²) in [4.78, 5) is 25.0. The van der Waals surface area contributed by atoms with Crippen molar-refractivity contribution in [2.75, 3.05) is 20.5 Å². The molecule has 9 nitrogen and oxygen atoms in total. The van der Waals surface area contributed by atoms with E-state index in [2.05, 4.69) is 10.6 Å². The second-order valence-corrected chi connectivity index (χ2v) is 8.03. The minimum absolute atomic E-state index is 0.129. The van der Waals surface area contributed by atoms with Crippen molar-refractivity contribution in [2.24, 2.45) is 0 Å². The summed E-state index contributed by atoms with van der Waals surface area (Å²) in [5.41, 5.74) is 1.41. The molecule has 0 aromatic heterocycles. The van der Waals surface area contributed by atoms with E-state index in [0.29, 0.717) is 36.4 Å². The molecule has 2 amide bonds. The van der Waals surface area contributed by atoms with Gasteiger partial charge in [-0.15, -0.1) is 0 Å². The fraction of sp³-hybridized carbons (Fsp3) is 0.417. The van der Waals surface area contributed by atoms with E-state index in [-0.39, 0.29) is 43.8 Å². The fourth-order valence-electron chi connectivity index (χ4n) is 3.96. The monoisotopic (exact) mass is 456 g/mol. The topological polar surface area (TPSA) is 115 Å². The molecule has 0 radical (unpaired) electrons. The summed E-state index contributed by atoms with van der Waals surface area (Å²) in [7, 11) is 1.61. The van der Waals surface area contributed by atoms with Crippen LogP contribution in [-0.2, 0) is 16.1 Å². The van der Waals surface area contributed by atoms with E-state index in [1.54, 1.807) is 25.3 Å². The van der Waals surface area contributed by atoms with Crippen molar-refractivity contribution in [3.05, 3.63) is 53.6 Å². The van der Waals surface area contributed by atoms with Crippen LogP contribution >= 0.6 is 0 Å². The molecule has 4 rings (SSSR count). The summed E-state index contributed by atoms with van der Waals surface area (Å²) in [6, 6.07) is 12.1. The van der Waals surface area contributed by atoms with Gasteiger partial charge in [-0.05, 0) is 48.7 Å². The molecular weight excluding hydrogens is 428 g/mol. The van der Waals surface area contributed by atoms with Crippen molar-refractivity contribution < 1.29 is 33.6 Å². The van der Waals surface area contributed by atoms with E-state index in [1.165, 1.54) is 0 Å². The van der Waals surface area contributed by atoms with Crippen molar-refractivity contribution in [1.29, 1.82) is 0 Å². The van der Waals surface area contributed by atoms with E-state index in [0.717, 1.165) is 11.3 Å². The van der Waals surface area contributed by atoms with Gasteiger partial charge in [-0.1, -0.05) is 12.1 Å². The zero-order valence-electron chi connectivity index (χ0n) is 18.4. The minimum Gasteiger partial charge on any atom is -0.497 e. The molecule has 33 heavy (non-hydrogen) atoms. The van der Waals surface area contributed by atoms with Gasteiger partial charge in [0, 0.05) is 12.1 Å². The quantitative estimate of drug-likeness (QED) is 0.555. The van der Waals surface area contributed by atoms with Crippen molar-refractivity contribution in [1.82, 2.24) is 10.6 Å². The van der Waals surface area contributed by atoms with Crippen LogP contribution in [0.4, 0.5) is 0 Å². The van der Waals surface area contributed by atoms with Gasteiger partial charge in [-0.2, -0.15) is 0 Å². The maximum atomic E-state index is 12.7. The molecule has 9 heteroatoms. The Bertz CT molecular complexity index is 979. The number of benzene rings is 2. The number of hydrogen-bond acceptors (Lipinski definition) is 7. The molecule has 0 saturated carbocycles. The largest absolute Gasteiger partial charge is 0.497 e.